The van der Waals surface area contributed by atoms with Gasteiger partial charge in [-0.15, -0.1) is 0 Å². The maximum Gasteiger partial charge on any atom is 0.269 e. The zero-order valence-corrected chi connectivity index (χ0v) is 21.8. The van der Waals surface area contributed by atoms with Gasteiger partial charge in [0.2, 0.25) is 11.8 Å². The van der Waals surface area contributed by atoms with Gasteiger partial charge < -0.3 is 16.0 Å². The molecule has 4 rings (SSSR count). The molecule has 0 radical (unpaired) electrons. The van der Waals surface area contributed by atoms with Gasteiger partial charge in [0.05, 0.1) is 17.8 Å². The van der Waals surface area contributed by atoms with E-state index in [0.29, 0.717) is 33.3 Å². The lowest BCUT2D eigenvalue weighted by Crippen LogP contribution is -2.46. The third-order valence-electron chi connectivity index (χ3n) is 6.59. The molecule has 1 aromatic heterocycles. The minimum atomic E-state index is -1.40. The van der Waals surface area contributed by atoms with Crippen molar-refractivity contribution in [2.75, 3.05) is 13.6 Å². The Bertz CT molecular complexity index is 1550. The minimum Gasteiger partial charge on any atom is -0.364 e. The Morgan fingerprint density at radius 3 is 2.74 bits per heavy atom. The third kappa shape index (κ3) is 5.95. The molecule has 202 valence electrons. The molecule has 0 bridgehead atoms. The van der Waals surface area contributed by atoms with Crippen LogP contribution in [0.5, 0.6) is 0 Å². The lowest BCUT2D eigenvalue weighted by atomic mass is 10.1. The normalized spacial score (nSPS) is 17.2. The van der Waals surface area contributed by atoms with Crippen LogP contribution >= 0.6 is 0 Å². The molecule has 0 aliphatic carbocycles. The summed E-state index contributed by atoms with van der Waals surface area (Å²) in [6.07, 6.45) is -1.57. The molecular formula is C28H28F2N6O3. The van der Waals surface area contributed by atoms with Gasteiger partial charge in [0.25, 0.3) is 5.91 Å². The summed E-state index contributed by atoms with van der Waals surface area (Å²) >= 11 is 0. The predicted octanol–water partition coefficient (Wildman–Crippen LogP) is 2.28. The van der Waals surface area contributed by atoms with Crippen LogP contribution in [0.2, 0.25) is 0 Å². The average molecular weight is 535 g/mol. The number of benzene rings is 2. The molecule has 3 aromatic rings. The van der Waals surface area contributed by atoms with Crippen molar-refractivity contribution < 1.29 is 23.2 Å². The van der Waals surface area contributed by atoms with Crippen LogP contribution in [0.25, 0.3) is 10.9 Å². The number of rotatable bonds is 6. The highest BCUT2D eigenvalue weighted by molar-refractivity contribution is 6.05. The van der Waals surface area contributed by atoms with Gasteiger partial charge in [-0.2, -0.15) is 5.10 Å². The lowest BCUT2D eigenvalue weighted by molar-refractivity contribution is -0.139. The van der Waals surface area contributed by atoms with Crippen molar-refractivity contribution >= 4 is 34.3 Å². The maximum atomic E-state index is 14.4. The van der Waals surface area contributed by atoms with Crippen LogP contribution in [0.4, 0.5) is 8.78 Å². The zero-order valence-electron chi connectivity index (χ0n) is 21.8. The molecule has 3 N–H and O–H groups in total. The van der Waals surface area contributed by atoms with Crippen LogP contribution in [0.15, 0.2) is 41.4 Å². The van der Waals surface area contributed by atoms with E-state index in [2.05, 4.69) is 27.2 Å². The van der Waals surface area contributed by atoms with Gasteiger partial charge in [0.1, 0.15) is 24.6 Å². The van der Waals surface area contributed by atoms with Crippen molar-refractivity contribution in [3.05, 3.63) is 64.6 Å². The molecule has 1 aliphatic heterocycles. The van der Waals surface area contributed by atoms with Gasteiger partial charge in [-0.25, -0.2) is 8.78 Å². The number of aryl methyl sites for hydroxylation is 1. The van der Waals surface area contributed by atoms with E-state index in [-0.39, 0.29) is 31.7 Å². The zero-order chi connectivity index (χ0) is 28.3. The number of nitrogens with two attached hydrogens (primary N) is 1. The first-order valence-corrected chi connectivity index (χ1v) is 12.3. The number of fused-ring (bicyclic) bond motifs is 1. The number of alkyl halides is 1. The molecule has 1 aliphatic rings. The van der Waals surface area contributed by atoms with Crippen molar-refractivity contribution in [2.24, 2.45) is 10.7 Å². The number of nitrogens with one attached hydrogen (secondary N) is 1. The quantitative estimate of drug-likeness (QED) is 0.372. The van der Waals surface area contributed by atoms with E-state index in [9.17, 15) is 23.2 Å². The predicted molar refractivity (Wildman–Crippen MR) is 142 cm³/mol. The summed E-state index contributed by atoms with van der Waals surface area (Å²) in [5.41, 5.74) is 7.90. The smallest absolute Gasteiger partial charge is 0.269 e. The van der Waals surface area contributed by atoms with Crippen LogP contribution in [0, 0.1) is 24.6 Å². The van der Waals surface area contributed by atoms with Gasteiger partial charge in [0.15, 0.2) is 5.69 Å². The first-order valence-electron chi connectivity index (χ1n) is 12.3. The van der Waals surface area contributed by atoms with Crippen LogP contribution in [0.3, 0.4) is 0 Å². The fourth-order valence-electron chi connectivity index (χ4n) is 4.45. The number of aromatic nitrogens is 2. The molecule has 0 saturated carbocycles. The second-order valence-electron chi connectivity index (χ2n) is 9.32. The van der Waals surface area contributed by atoms with Gasteiger partial charge in [-0.3, -0.25) is 24.1 Å². The monoisotopic (exact) mass is 534 g/mol. The first-order chi connectivity index (χ1) is 18.6. The van der Waals surface area contributed by atoms with Crippen molar-refractivity contribution in [1.29, 1.82) is 0 Å². The fraction of sp³-hybridized carbons (Fsp3) is 0.321. The second-order valence-corrected chi connectivity index (χ2v) is 9.32. The number of halogens is 2. The summed E-state index contributed by atoms with van der Waals surface area (Å²) in [6.45, 7) is 2.67. The summed E-state index contributed by atoms with van der Waals surface area (Å²) in [6, 6.07) is 8.79. The van der Waals surface area contributed by atoms with Crippen LogP contribution in [-0.4, -0.2) is 63.9 Å². The number of aliphatic imine (C=N–C) groups is 1. The first kappa shape index (κ1) is 27.4. The largest absolute Gasteiger partial charge is 0.364 e. The van der Waals surface area contributed by atoms with Crippen molar-refractivity contribution in [3.63, 3.8) is 0 Å². The van der Waals surface area contributed by atoms with E-state index in [1.54, 1.807) is 57.3 Å². The number of carbonyl (C=O) groups is 3. The third-order valence-corrected chi connectivity index (χ3v) is 6.59. The van der Waals surface area contributed by atoms with E-state index >= 15 is 0 Å². The molecule has 39 heavy (non-hydrogen) atoms. The number of hydrogen-bond donors (Lipinski definition) is 2. The molecule has 11 heteroatoms. The van der Waals surface area contributed by atoms with E-state index in [4.69, 9.17) is 5.73 Å². The highest BCUT2D eigenvalue weighted by atomic mass is 19.1. The van der Waals surface area contributed by atoms with Gasteiger partial charge in [-0.05, 0) is 43.5 Å². The van der Waals surface area contributed by atoms with Gasteiger partial charge in [-0.1, -0.05) is 24.1 Å². The van der Waals surface area contributed by atoms with Crippen molar-refractivity contribution in [2.45, 2.75) is 45.6 Å². The van der Waals surface area contributed by atoms with Crippen molar-refractivity contribution in [1.82, 2.24) is 20.0 Å². The van der Waals surface area contributed by atoms with E-state index in [1.165, 1.54) is 4.68 Å². The molecule has 2 atom stereocenters. The Balaban J connectivity index is 1.54. The van der Waals surface area contributed by atoms with Crippen LogP contribution in [-0.2, 0) is 22.7 Å². The number of carbonyl (C=O) groups excluding carboxylic acids is 3. The maximum absolute atomic E-state index is 14.4. The topological polar surface area (TPSA) is 123 Å². The molecule has 1 fully saturated rings. The SMILES string of the molecule is CN=C(C)C#Cc1ccc2c(c1)c(C(N)=O)nn2CC(=O)N1C[C@H](F)C[C@H]1C(=O)NCc1cccc(C)c1F. The van der Waals surface area contributed by atoms with Gasteiger partial charge >= 0.3 is 0 Å². The number of primary amides is 1. The Labute approximate surface area is 224 Å². The Kier molecular flexibility index (Phi) is 8.04. The Morgan fingerprint density at radius 1 is 1.26 bits per heavy atom. The summed E-state index contributed by atoms with van der Waals surface area (Å²) in [5, 5.41) is 7.24. The molecule has 0 spiro atoms. The Hall–Kier alpha value is -4.59. The average Bonchev–Trinajstić information content (AvgIpc) is 3.48. The molecule has 2 heterocycles. The van der Waals surface area contributed by atoms with Crippen LogP contribution in [0.1, 0.15) is 40.5 Å². The summed E-state index contributed by atoms with van der Waals surface area (Å²) in [4.78, 5) is 43.4. The summed E-state index contributed by atoms with van der Waals surface area (Å²) in [5.74, 6) is 3.48. The highest BCUT2D eigenvalue weighted by Gasteiger charge is 2.40. The van der Waals surface area contributed by atoms with Crippen LogP contribution < -0.4 is 11.1 Å². The standard InChI is InChI=1S/C28H28F2N6O3/c1-16-5-4-6-19(25(16)30)13-33-28(39)23-12-20(29)14-35(23)24(37)15-36-22-10-9-18(8-7-17(2)32-3)11-21(22)26(34-36)27(31)38/h4-6,9-11,20,23H,12-15H2,1-3H3,(H2,31,38)(H,33,39)/t20-,23+/m1/s1. The molecular weight excluding hydrogens is 506 g/mol. The molecule has 3 amide bonds. The minimum absolute atomic E-state index is 0.0402. The summed E-state index contributed by atoms with van der Waals surface area (Å²) < 4.78 is 30.0. The molecule has 0 unspecified atom stereocenters. The number of hydrogen-bond acceptors (Lipinski definition) is 5. The molecule has 1 saturated heterocycles. The number of likely N-dealkylation sites (tertiary alicyclic amines) is 1. The number of amides is 3. The van der Waals surface area contributed by atoms with E-state index in [1.807, 2.05) is 0 Å². The van der Waals surface area contributed by atoms with Gasteiger partial charge in [0, 0.05) is 36.5 Å². The summed E-state index contributed by atoms with van der Waals surface area (Å²) in [7, 11) is 1.63. The number of nitrogens with zero attached hydrogens (tertiary/aromatic N) is 4. The van der Waals surface area contributed by atoms with E-state index in [0.717, 1.165) is 4.90 Å². The highest BCUT2D eigenvalue weighted by Crippen LogP contribution is 2.24. The molecule has 9 nitrogen and oxygen atoms in total. The van der Waals surface area contributed by atoms with E-state index < -0.39 is 35.8 Å². The lowest BCUT2D eigenvalue weighted by Gasteiger charge is -2.24. The second kappa shape index (κ2) is 11.4. The van der Waals surface area contributed by atoms with Crippen molar-refractivity contribution in [3.8, 4) is 11.8 Å². The molecule has 2 aromatic carbocycles. The Morgan fingerprint density at radius 2 is 2.03 bits per heavy atom. The fourth-order valence-corrected chi connectivity index (χ4v) is 4.45.